The number of allylic oxidation sites excluding steroid dienone is 16. The first-order valence-corrected chi connectivity index (χ1v) is 25.3. The van der Waals surface area contributed by atoms with Crippen molar-refractivity contribution in [3.63, 3.8) is 0 Å². The normalized spacial score (nSPS) is 12.9. The van der Waals surface area contributed by atoms with Crippen LogP contribution in [0, 0.1) is 0 Å². The summed E-state index contributed by atoms with van der Waals surface area (Å²) in [5.41, 5.74) is 0. The summed E-state index contributed by atoms with van der Waals surface area (Å²) in [5.74, 6) is -0.953. The van der Waals surface area contributed by atoms with Crippen molar-refractivity contribution in [3.8, 4) is 0 Å². The Kier molecular flexibility index (Phi) is 47.0. The van der Waals surface area contributed by atoms with Gasteiger partial charge in [0.1, 0.15) is 13.2 Å². The van der Waals surface area contributed by atoms with E-state index in [-0.39, 0.29) is 31.1 Å². The Morgan fingerprint density at radius 1 is 0.355 bits per heavy atom. The van der Waals surface area contributed by atoms with Gasteiger partial charge < -0.3 is 14.2 Å². The first-order valence-electron chi connectivity index (χ1n) is 25.3. The molecule has 0 aromatic heterocycles. The Morgan fingerprint density at radius 2 is 0.677 bits per heavy atom. The highest BCUT2D eigenvalue weighted by Gasteiger charge is 2.19. The standard InChI is InChI=1S/C56H92O6/c1-4-7-10-13-16-19-22-24-26-27-28-29-30-32-34-37-40-43-46-49-55(58)61-52-53(51-60-54(57)48-45-42-39-36-33-21-18-15-12-9-6-3)62-56(59)50-47-44-41-38-35-31-25-23-20-17-14-11-8-5-2/h7-8,10-11,15-21,24,26,28-29,33,53H,4-6,9,12-14,22-23,25,27,30-32,34-52H2,1-3H3/b10-7-,11-8-,18-15-,19-16-,20-17-,26-24-,29-28-,33-21-. The molecule has 6 nitrogen and oxygen atoms in total. The van der Waals surface area contributed by atoms with E-state index in [2.05, 4.69) is 118 Å². The molecule has 0 aromatic carbocycles. The van der Waals surface area contributed by atoms with Crippen LogP contribution in [0.5, 0.6) is 0 Å². The molecule has 0 saturated heterocycles. The lowest BCUT2D eigenvalue weighted by Crippen LogP contribution is -2.30. The van der Waals surface area contributed by atoms with Crippen molar-refractivity contribution in [1.29, 1.82) is 0 Å². The van der Waals surface area contributed by atoms with Crippen LogP contribution in [0.3, 0.4) is 0 Å². The molecule has 0 aliphatic carbocycles. The van der Waals surface area contributed by atoms with E-state index < -0.39 is 6.10 Å². The molecule has 0 rings (SSSR count). The van der Waals surface area contributed by atoms with E-state index in [0.717, 1.165) is 128 Å². The minimum absolute atomic E-state index is 0.0982. The van der Waals surface area contributed by atoms with E-state index in [9.17, 15) is 14.4 Å². The summed E-state index contributed by atoms with van der Waals surface area (Å²) in [7, 11) is 0. The number of carbonyl (C=O) groups is 3. The molecular weight excluding hydrogens is 769 g/mol. The predicted octanol–water partition coefficient (Wildman–Crippen LogP) is 16.6. The third-order valence-electron chi connectivity index (χ3n) is 10.3. The minimum atomic E-state index is -0.798. The molecule has 0 amide bonds. The van der Waals surface area contributed by atoms with E-state index in [1.54, 1.807) is 0 Å². The SMILES string of the molecule is CC/C=C\C/C=C\C/C=C\C/C=C\CCCCCCCCC(=O)OCC(COC(=O)CCCCC/C=C\C=C/CCCC)OC(=O)CCCCCCCCC/C=C\C/C=C\CC. The Balaban J connectivity index is 4.42. The van der Waals surface area contributed by atoms with E-state index in [0.29, 0.717) is 19.3 Å². The summed E-state index contributed by atoms with van der Waals surface area (Å²) in [6.07, 6.45) is 65.3. The molecule has 0 saturated carbocycles. The van der Waals surface area contributed by atoms with Gasteiger partial charge >= 0.3 is 17.9 Å². The molecule has 0 radical (unpaired) electrons. The van der Waals surface area contributed by atoms with Crippen LogP contribution in [-0.4, -0.2) is 37.2 Å². The third kappa shape index (κ3) is 47.4. The van der Waals surface area contributed by atoms with Crippen LogP contribution in [0.1, 0.15) is 220 Å². The summed E-state index contributed by atoms with van der Waals surface area (Å²) in [6.45, 7) is 6.31. The van der Waals surface area contributed by atoms with Crippen LogP contribution in [0.2, 0.25) is 0 Å². The Labute approximate surface area is 381 Å². The molecule has 1 unspecified atom stereocenters. The topological polar surface area (TPSA) is 78.9 Å². The quantitative estimate of drug-likeness (QED) is 0.0200. The molecule has 62 heavy (non-hydrogen) atoms. The lowest BCUT2D eigenvalue weighted by atomic mass is 10.1. The van der Waals surface area contributed by atoms with Gasteiger partial charge in [-0.05, 0) is 103 Å². The van der Waals surface area contributed by atoms with Crippen molar-refractivity contribution in [2.75, 3.05) is 13.2 Å². The number of ether oxygens (including phenoxy) is 3. The van der Waals surface area contributed by atoms with Crippen LogP contribution in [0.15, 0.2) is 97.2 Å². The summed E-state index contributed by atoms with van der Waals surface area (Å²) in [6, 6.07) is 0. The molecule has 352 valence electrons. The lowest BCUT2D eigenvalue weighted by molar-refractivity contribution is -0.167. The number of hydrogen-bond acceptors (Lipinski definition) is 6. The Morgan fingerprint density at radius 3 is 1.10 bits per heavy atom. The van der Waals surface area contributed by atoms with Gasteiger partial charge in [-0.1, -0.05) is 195 Å². The Bertz CT molecular complexity index is 1260. The summed E-state index contributed by atoms with van der Waals surface area (Å²) in [4.78, 5) is 37.9. The lowest BCUT2D eigenvalue weighted by Gasteiger charge is -2.18. The van der Waals surface area contributed by atoms with Gasteiger partial charge in [-0.3, -0.25) is 14.4 Å². The maximum absolute atomic E-state index is 12.8. The second-order valence-corrected chi connectivity index (χ2v) is 16.3. The van der Waals surface area contributed by atoms with Gasteiger partial charge in [-0.2, -0.15) is 0 Å². The first kappa shape index (κ1) is 58.3. The zero-order valence-electron chi connectivity index (χ0n) is 40.1. The van der Waals surface area contributed by atoms with Crippen molar-refractivity contribution in [1.82, 2.24) is 0 Å². The van der Waals surface area contributed by atoms with Crippen LogP contribution in [-0.2, 0) is 28.6 Å². The van der Waals surface area contributed by atoms with E-state index >= 15 is 0 Å². The molecule has 0 aliphatic heterocycles. The molecule has 1 atom stereocenters. The van der Waals surface area contributed by atoms with E-state index in [1.165, 1.54) is 51.4 Å². The summed E-state index contributed by atoms with van der Waals surface area (Å²) >= 11 is 0. The highest BCUT2D eigenvalue weighted by molar-refractivity contribution is 5.71. The highest BCUT2D eigenvalue weighted by Crippen LogP contribution is 2.13. The second kappa shape index (κ2) is 50.0. The second-order valence-electron chi connectivity index (χ2n) is 16.3. The number of hydrogen-bond donors (Lipinski definition) is 0. The van der Waals surface area contributed by atoms with Crippen molar-refractivity contribution >= 4 is 17.9 Å². The largest absolute Gasteiger partial charge is 0.462 e. The predicted molar refractivity (Wildman–Crippen MR) is 265 cm³/mol. The Hall–Kier alpha value is -3.67. The molecule has 0 bridgehead atoms. The summed E-state index contributed by atoms with van der Waals surface area (Å²) < 4.78 is 16.7. The van der Waals surface area contributed by atoms with E-state index in [1.807, 2.05) is 0 Å². The fourth-order valence-corrected chi connectivity index (χ4v) is 6.56. The molecule has 0 N–H and O–H groups in total. The van der Waals surface area contributed by atoms with Gasteiger partial charge in [0.05, 0.1) is 0 Å². The van der Waals surface area contributed by atoms with Crippen molar-refractivity contribution < 1.29 is 28.6 Å². The molecule has 0 fully saturated rings. The smallest absolute Gasteiger partial charge is 0.306 e. The van der Waals surface area contributed by atoms with Crippen molar-refractivity contribution in [3.05, 3.63) is 97.2 Å². The average Bonchev–Trinajstić information content (AvgIpc) is 3.27. The van der Waals surface area contributed by atoms with Crippen molar-refractivity contribution in [2.45, 2.75) is 226 Å². The number of rotatable bonds is 44. The van der Waals surface area contributed by atoms with Gasteiger partial charge in [0.2, 0.25) is 0 Å². The number of carbonyl (C=O) groups excluding carboxylic acids is 3. The van der Waals surface area contributed by atoms with Crippen molar-refractivity contribution in [2.24, 2.45) is 0 Å². The minimum Gasteiger partial charge on any atom is -0.462 e. The first-order chi connectivity index (χ1) is 30.5. The molecule has 6 heteroatoms. The summed E-state index contributed by atoms with van der Waals surface area (Å²) in [5, 5.41) is 0. The van der Waals surface area contributed by atoms with Gasteiger partial charge in [0.15, 0.2) is 6.10 Å². The molecule has 0 aliphatic rings. The zero-order chi connectivity index (χ0) is 45.1. The fourth-order valence-electron chi connectivity index (χ4n) is 6.56. The van der Waals surface area contributed by atoms with Gasteiger partial charge in [0, 0.05) is 19.3 Å². The fraction of sp³-hybridized carbons (Fsp3) is 0.661. The molecule has 0 aromatic rings. The van der Waals surface area contributed by atoms with Crippen LogP contribution >= 0.6 is 0 Å². The number of unbranched alkanes of at least 4 members (excludes halogenated alkanes) is 18. The average molecular weight is 861 g/mol. The molecular formula is C56H92O6. The number of esters is 3. The maximum Gasteiger partial charge on any atom is 0.306 e. The van der Waals surface area contributed by atoms with Gasteiger partial charge in [0.25, 0.3) is 0 Å². The third-order valence-corrected chi connectivity index (χ3v) is 10.3. The molecule has 0 spiro atoms. The van der Waals surface area contributed by atoms with Gasteiger partial charge in [-0.15, -0.1) is 0 Å². The van der Waals surface area contributed by atoms with Crippen LogP contribution in [0.4, 0.5) is 0 Å². The van der Waals surface area contributed by atoms with Gasteiger partial charge in [-0.25, -0.2) is 0 Å². The highest BCUT2D eigenvalue weighted by atomic mass is 16.6. The molecule has 0 heterocycles. The monoisotopic (exact) mass is 861 g/mol. The maximum atomic E-state index is 12.8. The van der Waals surface area contributed by atoms with Crippen LogP contribution in [0.25, 0.3) is 0 Å². The van der Waals surface area contributed by atoms with E-state index in [4.69, 9.17) is 14.2 Å². The zero-order valence-corrected chi connectivity index (χ0v) is 40.1. The van der Waals surface area contributed by atoms with Crippen LogP contribution < -0.4 is 0 Å².